The third kappa shape index (κ3) is 2.54. The molecule has 1 aliphatic rings. The molecule has 0 spiro atoms. The molecule has 1 aliphatic carbocycles. The van der Waals surface area contributed by atoms with Gasteiger partial charge in [-0.15, -0.1) is 0 Å². The summed E-state index contributed by atoms with van der Waals surface area (Å²) in [5.41, 5.74) is 0.887. The molecule has 4 nitrogen and oxygen atoms in total. The highest BCUT2D eigenvalue weighted by molar-refractivity contribution is 7.71. The predicted molar refractivity (Wildman–Crippen MR) is 81.9 cm³/mol. The molecule has 0 saturated heterocycles. The van der Waals surface area contributed by atoms with Crippen molar-refractivity contribution in [3.8, 4) is 11.5 Å². The monoisotopic (exact) mass is 288 g/mol. The van der Waals surface area contributed by atoms with Crippen molar-refractivity contribution in [1.29, 1.82) is 0 Å². The van der Waals surface area contributed by atoms with Crippen molar-refractivity contribution in [3.63, 3.8) is 0 Å². The third-order valence-electron chi connectivity index (χ3n) is 4.36. The molecule has 3 rings (SSSR count). The SMILES string of the molecule is CCC1CCC(n2c(-c3ccccn3)n[nH]c2=S)CC1. The van der Waals surface area contributed by atoms with Gasteiger partial charge in [0.05, 0.1) is 0 Å². The van der Waals surface area contributed by atoms with Crippen LogP contribution in [0.1, 0.15) is 45.1 Å². The van der Waals surface area contributed by atoms with Crippen molar-refractivity contribution in [2.24, 2.45) is 5.92 Å². The Labute approximate surface area is 124 Å². The van der Waals surface area contributed by atoms with Crippen molar-refractivity contribution in [3.05, 3.63) is 29.2 Å². The lowest BCUT2D eigenvalue weighted by Crippen LogP contribution is -2.19. The van der Waals surface area contributed by atoms with Crippen LogP contribution in [0, 0.1) is 10.7 Å². The van der Waals surface area contributed by atoms with Crippen molar-refractivity contribution < 1.29 is 0 Å². The predicted octanol–water partition coefficient (Wildman–Crippen LogP) is 4.14. The molecule has 0 aromatic carbocycles. The van der Waals surface area contributed by atoms with Crippen LogP contribution in [0.4, 0.5) is 0 Å². The van der Waals surface area contributed by atoms with Gasteiger partial charge in [-0.05, 0) is 56.0 Å². The molecule has 1 fully saturated rings. The van der Waals surface area contributed by atoms with Crippen molar-refractivity contribution >= 4 is 12.2 Å². The van der Waals surface area contributed by atoms with E-state index in [0.717, 1.165) is 17.4 Å². The van der Waals surface area contributed by atoms with Gasteiger partial charge in [-0.25, -0.2) is 0 Å². The molecule has 1 N–H and O–H groups in total. The highest BCUT2D eigenvalue weighted by atomic mass is 32.1. The van der Waals surface area contributed by atoms with Gasteiger partial charge in [0.15, 0.2) is 10.6 Å². The summed E-state index contributed by atoms with van der Waals surface area (Å²) in [5.74, 6) is 1.75. The van der Waals surface area contributed by atoms with Crippen molar-refractivity contribution in [2.45, 2.75) is 45.1 Å². The van der Waals surface area contributed by atoms with Crippen molar-refractivity contribution in [2.75, 3.05) is 0 Å². The molecule has 0 radical (unpaired) electrons. The second-order valence-electron chi connectivity index (χ2n) is 5.52. The smallest absolute Gasteiger partial charge is 0.195 e. The Morgan fingerprint density at radius 2 is 2.10 bits per heavy atom. The summed E-state index contributed by atoms with van der Waals surface area (Å²) in [6, 6.07) is 6.35. The highest BCUT2D eigenvalue weighted by Gasteiger charge is 2.24. The fraction of sp³-hybridized carbons (Fsp3) is 0.533. The first kappa shape index (κ1) is 13.5. The Morgan fingerprint density at radius 1 is 1.30 bits per heavy atom. The van der Waals surface area contributed by atoms with Crippen LogP contribution in [0.15, 0.2) is 24.4 Å². The number of pyridine rings is 1. The Hall–Kier alpha value is -1.49. The Kier molecular flexibility index (Phi) is 3.96. The summed E-state index contributed by atoms with van der Waals surface area (Å²) in [5, 5.41) is 7.32. The van der Waals surface area contributed by atoms with Gasteiger partial charge in [0.1, 0.15) is 5.69 Å². The number of H-pyrrole nitrogens is 1. The summed E-state index contributed by atoms with van der Waals surface area (Å²) < 4.78 is 2.88. The molecular weight excluding hydrogens is 268 g/mol. The standard InChI is InChI=1S/C15H20N4S/c1-2-11-6-8-12(9-7-11)19-14(17-18-15(19)20)13-5-3-4-10-16-13/h3-5,10-12H,2,6-9H2,1H3,(H,18,20). The molecular formula is C15H20N4S. The fourth-order valence-electron chi connectivity index (χ4n) is 3.13. The van der Waals surface area contributed by atoms with Crippen molar-refractivity contribution in [1.82, 2.24) is 19.7 Å². The molecule has 20 heavy (non-hydrogen) atoms. The van der Waals surface area contributed by atoms with E-state index in [-0.39, 0.29) is 0 Å². The van der Waals surface area contributed by atoms with Gasteiger partial charge in [-0.3, -0.25) is 14.6 Å². The highest BCUT2D eigenvalue weighted by Crippen LogP contribution is 2.35. The van der Waals surface area contributed by atoms with E-state index < -0.39 is 0 Å². The summed E-state index contributed by atoms with van der Waals surface area (Å²) in [4.78, 5) is 4.40. The minimum atomic E-state index is 0.459. The number of nitrogens with one attached hydrogen (secondary N) is 1. The first-order valence-corrected chi connectivity index (χ1v) is 7.78. The van der Waals surface area contributed by atoms with Gasteiger partial charge in [0.25, 0.3) is 0 Å². The molecule has 5 heteroatoms. The topological polar surface area (TPSA) is 46.5 Å². The Morgan fingerprint density at radius 3 is 2.75 bits per heavy atom. The lowest BCUT2D eigenvalue weighted by Gasteiger charge is -2.29. The maximum atomic E-state index is 5.43. The first-order valence-electron chi connectivity index (χ1n) is 7.38. The third-order valence-corrected chi connectivity index (χ3v) is 4.65. The average molecular weight is 288 g/mol. The molecule has 2 aromatic heterocycles. The number of rotatable bonds is 3. The van der Waals surface area contributed by atoms with Crippen LogP contribution in [-0.4, -0.2) is 19.7 Å². The maximum Gasteiger partial charge on any atom is 0.195 e. The van der Waals surface area contributed by atoms with E-state index in [0.29, 0.717) is 10.8 Å². The summed E-state index contributed by atoms with van der Waals surface area (Å²) in [6.45, 7) is 2.29. The normalized spacial score (nSPS) is 22.9. The van der Waals surface area contributed by atoms with E-state index in [2.05, 4.69) is 26.7 Å². The lowest BCUT2D eigenvalue weighted by atomic mass is 9.84. The molecule has 0 aliphatic heterocycles. The molecule has 0 amide bonds. The molecule has 106 valence electrons. The number of aromatic amines is 1. The summed E-state index contributed by atoms with van der Waals surface area (Å²) >= 11 is 5.43. The van der Waals surface area contributed by atoms with Crippen LogP contribution < -0.4 is 0 Å². The van der Waals surface area contributed by atoms with Crippen LogP contribution in [0.3, 0.4) is 0 Å². The molecule has 2 heterocycles. The van der Waals surface area contributed by atoms with Crippen LogP contribution in [0.5, 0.6) is 0 Å². The second kappa shape index (κ2) is 5.87. The Balaban J connectivity index is 1.91. The van der Waals surface area contributed by atoms with Gasteiger partial charge < -0.3 is 0 Å². The van der Waals surface area contributed by atoms with E-state index in [9.17, 15) is 0 Å². The van der Waals surface area contributed by atoms with E-state index in [1.54, 1.807) is 6.20 Å². The zero-order valence-electron chi connectivity index (χ0n) is 11.7. The van der Waals surface area contributed by atoms with E-state index >= 15 is 0 Å². The molecule has 0 atom stereocenters. The molecule has 0 bridgehead atoms. The van der Waals surface area contributed by atoms with E-state index in [1.807, 2.05) is 18.2 Å². The molecule has 0 unspecified atom stereocenters. The lowest BCUT2D eigenvalue weighted by molar-refractivity contribution is 0.269. The zero-order valence-corrected chi connectivity index (χ0v) is 12.6. The number of hydrogen-bond donors (Lipinski definition) is 1. The van der Waals surface area contributed by atoms with Gasteiger partial charge in [0, 0.05) is 12.2 Å². The van der Waals surface area contributed by atoms with Crippen LogP contribution in [0.25, 0.3) is 11.5 Å². The van der Waals surface area contributed by atoms with E-state index in [4.69, 9.17) is 12.2 Å². The van der Waals surface area contributed by atoms with Gasteiger partial charge in [-0.2, -0.15) is 5.10 Å². The number of aromatic nitrogens is 4. The van der Waals surface area contributed by atoms with Gasteiger partial charge in [-0.1, -0.05) is 19.4 Å². The number of hydrogen-bond acceptors (Lipinski definition) is 3. The fourth-order valence-corrected chi connectivity index (χ4v) is 3.41. The van der Waals surface area contributed by atoms with Crippen LogP contribution in [0.2, 0.25) is 0 Å². The molecule has 1 saturated carbocycles. The molecule has 2 aromatic rings. The minimum absolute atomic E-state index is 0.459. The minimum Gasteiger partial charge on any atom is -0.296 e. The van der Waals surface area contributed by atoms with E-state index in [1.165, 1.54) is 32.1 Å². The van der Waals surface area contributed by atoms with Crippen LogP contribution in [-0.2, 0) is 0 Å². The largest absolute Gasteiger partial charge is 0.296 e. The zero-order chi connectivity index (χ0) is 13.9. The first-order chi connectivity index (χ1) is 9.79. The maximum absolute atomic E-state index is 5.43. The average Bonchev–Trinajstić information content (AvgIpc) is 2.90. The number of nitrogens with zero attached hydrogens (tertiary/aromatic N) is 3. The quantitative estimate of drug-likeness (QED) is 0.863. The Bertz CT molecular complexity index is 608. The summed E-state index contributed by atoms with van der Waals surface area (Å²) in [6.07, 6.45) is 8.03. The second-order valence-corrected chi connectivity index (χ2v) is 5.91. The van der Waals surface area contributed by atoms with Gasteiger partial charge in [0.2, 0.25) is 0 Å². The summed E-state index contributed by atoms with van der Waals surface area (Å²) in [7, 11) is 0. The van der Waals surface area contributed by atoms with Gasteiger partial charge >= 0.3 is 0 Å². The van der Waals surface area contributed by atoms with Crippen LogP contribution >= 0.6 is 12.2 Å².